The molecule has 2 rings (SSSR count). The van der Waals surface area contributed by atoms with E-state index in [1.54, 1.807) is 11.8 Å². The number of hydrogen-bond acceptors (Lipinski definition) is 5. The number of carbonyl (C=O) groups is 2. The Labute approximate surface area is 179 Å². The molecule has 29 heavy (non-hydrogen) atoms. The molecule has 0 saturated heterocycles. The van der Waals surface area contributed by atoms with Crippen molar-refractivity contribution < 1.29 is 19.1 Å². The van der Waals surface area contributed by atoms with Crippen LogP contribution in [0.15, 0.2) is 6.20 Å². The second-order valence-electron chi connectivity index (χ2n) is 8.34. The highest BCUT2D eigenvalue weighted by Crippen LogP contribution is 2.29. The maximum atomic E-state index is 12.9. The second-order valence-corrected chi connectivity index (χ2v) is 9.32. The number of hydrogen-bond donors (Lipinski definition) is 1. The molecule has 1 aliphatic rings. The molecule has 0 radical (unpaired) electrons. The number of rotatable bonds is 8. The van der Waals surface area contributed by atoms with Gasteiger partial charge in [-0.15, -0.1) is 0 Å². The molecule has 6 nitrogen and oxygen atoms in total. The molecule has 0 bridgehead atoms. The van der Waals surface area contributed by atoms with E-state index in [0.29, 0.717) is 32.8 Å². The summed E-state index contributed by atoms with van der Waals surface area (Å²) in [7, 11) is 0. The maximum Gasteiger partial charge on any atom is 0.306 e. The Balaban J connectivity index is 2.18. The van der Waals surface area contributed by atoms with Crippen molar-refractivity contribution in [3.63, 3.8) is 0 Å². The lowest BCUT2D eigenvalue weighted by molar-refractivity contribution is -0.146. The van der Waals surface area contributed by atoms with E-state index < -0.39 is 0 Å². The minimum absolute atomic E-state index is 0.00343. The van der Waals surface area contributed by atoms with E-state index in [1.165, 1.54) is 5.56 Å². The third kappa shape index (κ3) is 7.37. The second kappa shape index (κ2) is 11.6. The van der Waals surface area contributed by atoms with E-state index in [1.807, 2.05) is 6.26 Å². The van der Waals surface area contributed by atoms with Crippen LogP contribution in [-0.4, -0.2) is 54.8 Å². The van der Waals surface area contributed by atoms with Crippen LogP contribution in [0.4, 0.5) is 0 Å². The molecule has 1 aromatic rings. The first-order chi connectivity index (χ1) is 13.9. The SMILES string of the molecule is CCn1cc(CC(C)(C)COC(=O)CCSC)c2c1C(=O)NCCCOCCC2. The number of aryl methyl sites for hydroxylation is 1. The van der Waals surface area contributed by atoms with Crippen LogP contribution in [0, 0.1) is 5.41 Å². The number of nitrogens with zero attached hydrogens (tertiary/aromatic N) is 1. The molecule has 0 aromatic carbocycles. The lowest BCUT2D eigenvalue weighted by Crippen LogP contribution is -2.28. The summed E-state index contributed by atoms with van der Waals surface area (Å²) in [4.78, 5) is 24.8. The quantitative estimate of drug-likeness (QED) is 0.647. The van der Waals surface area contributed by atoms with Crippen molar-refractivity contribution in [2.24, 2.45) is 5.41 Å². The molecule has 0 saturated carbocycles. The van der Waals surface area contributed by atoms with Crippen LogP contribution in [0.3, 0.4) is 0 Å². The van der Waals surface area contributed by atoms with Gasteiger partial charge in [-0.3, -0.25) is 9.59 Å². The summed E-state index contributed by atoms with van der Waals surface area (Å²) in [6.45, 7) is 9.42. The van der Waals surface area contributed by atoms with Gasteiger partial charge >= 0.3 is 5.97 Å². The van der Waals surface area contributed by atoms with Crippen LogP contribution >= 0.6 is 11.8 Å². The van der Waals surface area contributed by atoms with Crippen molar-refractivity contribution in [2.75, 3.05) is 38.4 Å². The summed E-state index contributed by atoms with van der Waals surface area (Å²) in [5, 5.41) is 3.04. The number of fused-ring (bicyclic) bond motifs is 1. The summed E-state index contributed by atoms with van der Waals surface area (Å²) >= 11 is 1.64. The summed E-state index contributed by atoms with van der Waals surface area (Å²) in [5.41, 5.74) is 2.84. The van der Waals surface area contributed by atoms with E-state index >= 15 is 0 Å². The number of ether oxygens (including phenoxy) is 2. The first kappa shape index (κ1) is 23.8. The molecule has 0 spiro atoms. The zero-order valence-electron chi connectivity index (χ0n) is 18.3. The zero-order valence-corrected chi connectivity index (χ0v) is 19.2. The summed E-state index contributed by atoms with van der Waals surface area (Å²) in [6.07, 6.45) is 7.83. The number of amides is 1. The molecular weight excluding hydrogens is 388 g/mol. The molecule has 2 heterocycles. The molecule has 0 unspecified atom stereocenters. The molecule has 164 valence electrons. The third-order valence-electron chi connectivity index (χ3n) is 5.10. The number of nitrogens with one attached hydrogen (secondary N) is 1. The third-order valence-corrected chi connectivity index (χ3v) is 5.71. The van der Waals surface area contributed by atoms with Crippen molar-refractivity contribution in [3.8, 4) is 0 Å². The van der Waals surface area contributed by atoms with Crippen LogP contribution in [0.5, 0.6) is 0 Å². The number of aromatic nitrogens is 1. The molecular formula is C22H36N2O4S. The van der Waals surface area contributed by atoms with E-state index in [2.05, 4.69) is 36.9 Å². The normalized spacial score (nSPS) is 15.9. The minimum Gasteiger partial charge on any atom is -0.465 e. The molecule has 0 atom stereocenters. The Morgan fingerprint density at radius 3 is 2.83 bits per heavy atom. The molecule has 1 N–H and O–H groups in total. The molecule has 1 amide bonds. The van der Waals surface area contributed by atoms with Crippen molar-refractivity contribution in [1.82, 2.24) is 9.88 Å². The van der Waals surface area contributed by atoms with Gasteiger partial charge in [0, 0.05) is 43.7 Å². The molecule has 0 fully saturated rings. The van der Waals surface area contributed by atoms with Crippen molar-refractivity contribution in [3.05, 3.63) is 23.0 Å². The lowest BCUT2D eigenvalue weighted by Gasteiger charge is -2.24. The average Bonchev–Trinajstić information content (AvgIpc) is 3.01. The van der Waals surface area contributed by atoms with Gasteiger partial charge in [0.05, 0.1) is 13.0 Å². The fourth-order valence-electron chi connectivity index (χ4n) is 3.62. The van der Waals surface area contributed by atoms with Crippen molar-refractivity contribution >= 4 is 23.6 Å². The Hall–Kier alpha value is -1.47. The number of thioether (sulfide) groups is 1. The molecule has 1 aliphatic heterocycles. The van der Waals surface area contributed by atoms with Gasteiger partial charge in [-0.05, 0) is 50.0 Å². The standard InChI is InChI=1S/C22H36N2O4S/c1-5-24-15-17(14-22(2,3)16-28-19(25)9-13-29-4)18-8-6-11-27-12-7-10-23-21(26)20(18)24/h15H,5-14,16H2,1-4H3,(H,23,26). The Morgan fingerprint density at radius 1 is 1.34 bits per heavy atom. The van der Waals surface area contributed by atoms with Gasteiger partial charge in [-0.1, -0.05) is 13.8 Å². The maximum absolute atomic E-state index is 12.9. The molecule has 7 heteroatoms. The predicted octanol–water partition coefficient (Wildman–Crippen LogP) is 3.46. The van der Waals surface area contributed by atoms with E-state index in [9.17, 15) is 9.59 Å². The van der Waals surface area contributed by atoms with Gasteiger partial charge in [0.2, 0.25) is 0 Å². The highest BCUT2D eigenvalue weighted by molar-refractivity contribution is 7.98. The van der Waals surface area contributed by atoms with Gasteiger partial charge in [-0.25, -0.2) is 0 Å². The smallest absolute Gasteiger partial charge is 0.306 e. The van der Waals surface area contributed by atoms with Gasteiger partial charge in [-0.2, -0.15) is 11.8 Å². The van der Waals surface area contributed by atoms with Crippen LogP contribution in [0.2, 0.25) is 0 Å². The first-order valence-corrected chi connectivity index (χ1v) is 12.0. The Kier molecular flexibility index (Phi) is 9.56. The summed E-state index contributed by atoms with van der Waals surface area (Å²) in [5.74, 6) is 0.634. The lowest BCUT2D eigenvalue weighted by atomic mass is 9.85. The van der Waals surface area contributed by atoms with Gasteiger partial charge < -0.3 is 19.4 Å². The highest BCUT2D eigenvalue weighted by atomic mass is 32.2. The Morgan fingerprint density at radius 2 is 2.10 bits per heavy atom. The number of esters is 1. The molecule has 1 aromatic heterocycles. The van der Waals surface area contributed by atoms with Crippen molar-refractivity contribution in [2.45, 2.75) is 59.4 Å². The first-order valence-electron chi connectivity index (χ1n) is 10.6. The van der Waals surface area contributed by atoms with Gasteiger partial charge in [0.1, 0.15) is 5.69 Å². The minimum atomic E-state index is -0.206. The van der Waals surface area contributed by atoms with Crippen LogP contribution in [-0.2, 0) is 33.7 Å². The molecule has 0 aliphatic carbocycles. The largest absolute Gasteiger partial charge is 0.465 e. The Bertz CT molecular complexity index is 685. The van der Waals surface area contributed by atoms with Crippen LogP contribution in [0.1, 0.15) is 61.6 Å². The topological polar surface area (TPSA) is 69.6 Å². The van der Waals surface area contributed by atoms with E-state index in [4.69, 9.17) is 9.47 Å². The fraction of sp³-hybridized carbons (Fsp3) is 0.727. The zero-order chi connectivity index (χ0) is 21.3. The van der Waals surface area contributed by atoms with Crippen LogP contribution < -0.4 is 5.32 Å². The van der Waals surface area contributed by atoms with E-state index in [-0.39, 0.29) is 17.3 Å². The fourth-order valence-corrected chi connectivity index (χ4v) is 3.99. The predicted molar refractivity (Wildman–Crippen MR) is 118 cm³/mol. The van der Waals surface area contributed by atoms with Crippen LogP contribution in [0.25, 0.3) is 0 Å². The van der Waals surface area contributed by atoms with Gasteiger partial charge in [0.25, 0.3) is 5.91 Å². The highest BCUT2D eigenvalue weighted by Gasteiger charge is 2.27. The van der Waals surface area contributed by atoms with Crippen molar-refractivity contribution in [1.29, 1.82) is 0 Å². The van der Waals surface area contributed by atoms with E-state index in [0.717, 1.165) is 49.2 Å². The monoisotopic (exact) mass is 424 g/mol. The van der Waals surface area contributed by atoms with Gasteiger partial charge in [0.15, 0.2) is 0 Å². The number of carbonyl (C=O) groups excluding carboxylic acids is 2. The average molecular weight is 425 g/mol. The summed E-state index contributed by atoms with van der Waals surface area (Å²) < 4.78 is 13.2. The summed E-state index contributed by atoms with van der Waals surface area (Å²) in [6, 6.07) is 0.